The SMILES string of the molecule is COc1ccccc1NC(=S)Nc1cccc(SC(C)C(=O)Nc2cc(C(F)(F)F)ccc2Cl)c1. The van der Waals surface area contributed by atoms with E-state index in [-0.39, 0.29) is 10.7 Å². The molecule has 5 nitrogen and oxygen atoms in total. The number of rotatable bonds is 7. The van der Waals surface area contributed by atoms with E-state index in [1.54, 1.807) is 26.2 Å². The lowest BCUT2D eigenvalue weighted by Crippen LogP contribution is -2.23. The van der Waals surface area contributed by atoms with E-state index in [1.807, 2.05) is 36.4 Å². The van der Waals surface area contributed by atoms with E-state index in [0.717, 1.165) is 23.1 Å². The Balaban J connectivity index is 1.63. The molecular weight excluding hydrogens is 519 g/mol. The third kappa shape index (κ3) is 7.51. The summed E-state index contributed by atoms with van der Waals surface area (Å²) >= 11 is 12.6. The maximum Gasteiger partial charge on any atom is 0.416 e. The zero-order valence-corrected chi connectivity index (χ0v) is 21.0. The fourth-order valence-corrected chi connectivity index (χ4v) is 4.29. The van der Waals surface area contributed by atoms with Gasteiger partial charge >= 0.3 is 6.18 Å². The molecule has 1 atom stereocenters. The van der Waals surface area contributed by atoms with Gasteiger partial charge in [-0.05, 0) is 67.7 Å². The van der Waals surface area contributed by atoms with Crippen molar-refractivity contribution in [3.63, 3.8) is 0 Å². The molecule has 0 saturated heterocycles. The van der Waals surface area contributed by atoms with Crippen molar-refractivity contribution in [2.45, 2.75) is 23.2 Å². The molecule has 3 rings (SSSR count). The van der Waals surface area contributed by atoms with Gasteiger partial charge in [0.1, 0.15) is 5.75 Å². The van der Waals surface area contributed by atoms with Crippen LogP contribution in [0.25, 0.3) is 0 Å². The van der Waals surface area contributed by atoms with Crippen molar-refractivity contribution in [1.82, 2.24) is 0 Å². The molecule has 11 heteroatoms. The first kappa shape index (κ1) is 26.7. The number of carbonyl (C=O) groups is 1. The number of hydrogen-bond acceptors (Lipinski definition) is 4. The Morgan fingerprint density at radius 2 is 1.74 bits per heavy atom. The van der Waals surface area contributed by atoms with Crippen LogP contribution in [0.5, 0.6) is 5.75 Å². The summed E-state index contributed by atoms with van der Waals surface area (Å²) in [6.07, 6.45) is -4.54. The summed E-state index contributed by atoms with van der Waals surface area (Å²) in [7, 11) is 1.57. The average Bonchev–Trinajstić information content (AvgIpc) is 2.80. The number of benzene rings is 3. The summed E-state index contributed by atoms with van der Waals surface area (Å²) in [4.78, 5) is 13.4. The topological polar surface area (TPSA) is 62.4 Å². The Morgan fingerprint density at radius 3 is 2.46 bits per heavy atom. The molecule has 3 aromatic rings. The van der Waals surface area contributed by atoms with Crippen molar-refractivity contribution in [1.29, 1.82) is 0 Å². The van der Waals surface area contributed by atoms with Gasteiger partial charge in [0, 0.05) is 10.6 Å². The normalized spacial score (nSPS) is 11.9. The van der Waals surface area contributed by atoms with Crippen molar-refractivity contribution in [2.24, 2.45) is 0 Å². The van der Waals surface area contributed by atoms with Crippen LogP contribution >= 0.6 is 35.6 Å². The molecule has 0 aliphatic rings. The van der Waals surface area contributed by atoms with Crippen molar-refractivity contribution in [3.05, 3.63) is 77.3 Å². The number of carbonyl (C=O) groups excluding carboxylic acids is 1. The summed E-state index contributed by atoms with van der Waals surface area (Å²) in [6.45, 7) is 1.65. The minimum Gasteiger partial charge on any atom is -0.495 e. The predicted octanol–water partition coefficient (Wildman–Crippen LogP) is 7.30. The van der Waals surface area contributed by atoms with Crippen LogP contribution in [0.15, 0.2) is 71.6 Å². The number of amides is 1. The zero-order chi connectivity index (χ0) is 25.6. The molecule has 0 aliphatic carbocycles. The first-order valence-electron chi connectivity index (χ1n) is 10.2. The Bertz CT molecular complexity index is 1220. The Hall–Kier alpha value is -2.95. The zero-order valence-electron chi connectivity index (χ0n) is 18.6. The van der Waals surface area contributed by atoms with Gasteiger partial charge in [-0.2, -0.15) is 13.2 Å². The number of methoxy groups -OCH3 is 1. The molecule has 184 valence electrons. The second kappa shape index (κ2) is 11.7. The maximum atomic E-state index is 13.0. The first-order chi connectivity index (χ1) is 16.6. The van der Waals surface area contributed by atoms with E-state index < -0.39 is 22.9 Å². The highest BCUT2D eigenvalue weighted by Crippen LogP contribution is 2.34. The van der Waals surface area contributed by atoms with E-state index in [9.17, 15) is 18.0 Å². The highest BCUT2D eigenvalue weighted by molar-refractivity contribution is 8.00. The van der Waals surface area contributed by atoms with E-state index in [0.29, 0.717) is 22.2 Å². The molecule has 0 radical (unpaired) electrons. The molecular formula is C24H21ClF3N3O2S2. The van der Waals surface area contributed by atoms with Gasteiger partial charge in [0.05, 0.1) is 34.3 Å². The third-order valence-electron chi connectivity index (χ3n) is 4.68. The molecule has 0 bridgehead atoms. The van der Waals surface area contributed by atoms with Crippen LogP contribution in [0.3, 0.4) is 0 Å². The van der Waals surface area contributed by atoms with Gasteiger partial charge in [-0.15, -0.1) is 11.8 Å². The fraction of sp³-hybridized carbons (Fsp3) is 0.167. The smallest absolute Gasteiger partial charge is 0.416 e. The molecule has 3 aromatic carbocycles. The van der Waals surface area contributed by atoms with Gasteiger partial charge in [-0.25, -0.2) is 0 Å². The van der Waals surface area contributed by atoms with Gasteiger partial charge in [-0.1, -0.05) is 29.8 Å². The number of hydrogen-bond donors (Lipinski definition) is 3. The third-order valence-corrected chi connectivity index (χ3v) is 6.31. The minimum atomic E-state index is -4.54. The van der Waals surface area contributed by atoms with Crippen molar-refractivity contribution >= 4 is 63.7 Å². The lowest BCUT2D eigenvalue weighted by molar-refractivity contribution is -0.137. The fourth-order valence-electron chi connectivity index (χ4n) is 2.97. The molecule has 0 aromatic heterocycles. The van der Waals surface area contributed by atoms with Crippen molar-refractivity contribution < 1.29 is 22.7 Å². The molecule has 0 aliphatic heterocycles. The summed E-state index contributed by atoms with van der Waals surface area (Å²) in [5.41, 5.74) is 0.406. The highest BCUT2D eigenvalue weighted by Gasteiger charge is 2.31. The maximum absolute atomic E-state index is 13.0. The summed E-state index contributed by atoms with van der Waals surface area (Å²) < 4.78 is 44.3. The monoisotopic (exact) mass is 539 g/mol. The van der Waals surface area contributed by atoms with Gasteiger partial charge in [-0.3, -0.25) is 4.79 Å². The Kier molecular flexibility index (Phi) is 8.87. The van der Waals surface area contributed by atoms with E-state index in [2.05, 4.69) is 16.0 Å². The molecule has 0 fully saturated rings. The second-order valence-corrected chi connectivity index (χ2v) is 9.48. The second-order valence-electron chi connectivity index (χ2n) is 7.25. The summed E-state index contributed by atoms with van der Waals surface area (Å²) in [5.74, 6) is 0.157. The van der Waals surface area contributed by atoms with Crippen molar-refractivity contribution in [3.8, 4) is 5.75 Å². The van der Waals surface area contributed by atoms with Crippen LogP contribution in [0.2, 0.25) is 5.02 Å². The molecule has 3 N–H and O–H groups in total. The van der Waals surface area contributed by atoms with E-state index in [4.69, 9.17) is 28.6 Å². The van der Waals surface area contributed by atoms with Crippen molar-refractivity contribution in [2.75, 3.05) is 23.1 Å². The minimum absolute atomic E-state index is 0.0193. The van der Waals surface area contributed by atoms with Crippen LogP contribution in [-0.2, 0) is 11.0 Å². The number of para-hydroxylation sites is 2. The molecule has 35 heavy (non-hydrogen) atoms. The quantitative estimate of drug-likeness (QED) is 0.216. The van der Waals surface area contributed by atoms with Crippen LogP contribution in [0.1, 0.15) is 12.5 Å². The van der Waals surface area contributed by atoms with E-state index >= 15 is 0 Å². The number of thioether (sulfide) groups is 1. The number of nitrogens with one attached hydrogen (secondary N) is 3. The van der Waals surface area contributed by atoms with Crippen LogP contribution in [0.4, 0.5) is 30.2 Å². The number of halogens is 4. The van der Waals surface area contributed by atoms with Gasteiger partial charge in [0.15, 0.2) is 5.11 Å². The first-order valence-corrected chi connectivity index (χ1v) is 11.9. The van der Waals surface area contributed by atoms with Crippen LogP contribution in [0, 0.1) is 0 Å². The lowest BCUT2D eigenvalue weighted by atomic mass is 10.2. The standard InChI is InChI=1S/C24H21ClF3N3O2S2/c1-14(22(32)30-20-12-15(24(26,27)28)10-11-18(20)25)35-17-7-5-6-16(13-17)29-23(34)31-19-8-3-4-9-21(19)33-2/h3-14H,1-2H3,(H,30,32)(H2,29,31,34). The molecule has 0 heterocycles. The predicted molar refractivity (Wildman–Crippen MR) is 140 cm³/mol. The lowest BCUT2D eigenvalue weighted by Gasteiger charge is -2.16. The molecule has 0 saturated carbocycles. The Morgan fingerprint density at radius 1 is 1.00 bits per heavy atom. The highest BCUT2D eigenvalue weighted by atomic mass is 35.5. The number of thiocarbonyl (C=S) groups is 1. The van der Waals surface area contributed by atoms with Gasteiger partial charge in [0.25, 0.3) is 0 Å². The van der Waals surface area contributed by atoms with Crippen LogP contribution in [-0.4, -0.2) is 23.4 Å². The molecule has 0 spiro atoms. The number of alkyl halides is 3. The molecule has 1 amide bonds. The Labute approximate surface area is 215 Å². The number of anilines is 3. The van der Waals surface area contributed by atoms with Gasteiger partial charge < -0.3 is 20.7 Å². The average molecular weight is 540 g/mol. The van der Waals surface area contributed by atoms with Gasteiger partial charge in [0.2, 0.25) is 5.91 Å². The van der Waals surface area contributed by atoms with Crippen LogP contribution < -0.4 is 20.7 Å². The number of ether oxygens (including phenoxy) is 1. The van der Waals surface area contributed by atoms with E-state index in [1.165, 1.54) is 11.8 Å². The summed E-state index contributed by atoms with van der Waals surface area (Å²) in [5, 5.41) is 8.38. The largest absolute Gasteiger partial charge is 0.495 e. The summed E-state index contributed by atoms with van der Waals surface area (Å²) in [6, 6.07) is 17.3. The molecule has 1 unspecified atom stereocenters.